The lowest BCUT2D eigenvalue weighted by atomic mass is 10.1. The van der Waals surface area contributed by atoms with Crippen molar-refractivity contribution in [3.05, 3.63) is 50.6 Å². The lowest BCUT2D eigenvalue weighted by molar-refractivity contribution is -0.123. The topological polar surface area (TPSA) is 80.2 Å². The Labute approximate surface area is 160 Å². The maximum atomic E-state index is 11.8. The van der Waals surface area contributed by atoms with Crippen LogP contribution in [-0.4, -0.2) is 30.9 Å². The summed E-state index contributed by atoms with van der Waals surface area (Å²) < 4.78 is 11.1. The van der Waals surface area contributed by atoms with Gasteiger partial charge >= 0.3 is 0 Å². The van der Waals surface area contributed by atoms with Crippen LogP contribution in [0.25, 0.3) is 0 Å². The normalized spacial score (nSPS) is 10.7. The second kappa shape index (κ2) is 8.70. The number of hydrogen-bond donors (Lipinski definition) is 2. The Morgan fingerprint density at radius 3 is 2.72 bits per heavy atom. The summed E-state index contributed by atoms with van der Waals surface area (Å²) in [5.74, 6) is 0.693. The van der Waals surface area contributed by atoms with Gasteiger partial charge in [0.1, 0.15) is 5.75 Å². The average molecular weight is 454 g/mol. The lowest BCUT2D eigenvalue weighted by Crippen LogP contribution is -2.24. The molecule has 0 aliphatic heterocycles. The van der Waals surface area contributed by atoms with E-state index < -0.39 is 0 Å². The van der Waals surface area contributed by atoms with Gasteiger partial charge in [0.05, 0.1) is 16.9 Å². The number of nitrogens with zero attached hydrogens (tertiary/aromatic N) is 1. The van der Waals surface area contributed by atoms with Gasteiger partial charge in [-0.15, -0.1) is 0 Å². The molecule has 25 heavy (non-hydrogen) atoms. The van der Waals surface area contributed by atoms with Crippen molar-refractivity contribution in [2.45, 2.75) is 13.8 Å². The minimum atomic E-state index is -0.366. The maximum absolute atomic E-state index is 11.8. The van der Waals surface area contributed by atoms with Crippen molar-refractivity contribution in [1.82, 2.24) is 5.43 Å². The van der Waals surface area contributed by atoms with Gasteiger partial charge in [0, 0.05) is 0 Å². The highest BCUT2D eigenvalue weighted by Gasteiger charge is 2.07. The molecule has 0 spiro atoms. The molecular weight excluding hydrogens is 435 g/mol. The number of halogens is 1. The highest BCUT2D eigenvalue weighted by atomic mass is 127. The lowest BCUT2D eigenvalue weighted by Gasteiger charge is -2.07. The molecule has 0 fully saturated rings. The van der Waals surface area contributed by atoms with Gasteiger partial charge in [-0.25, -0.2) is 5.43 Å². The zero-order valence-electron chi connectivity index (χ0n) is 14.2. The summed E-state index contributed by atoms with van der Waals surface area (Å²) in [6.07, 6.45) is 1.47. The molecule has 0 aliphatic carbocycles. The fraction of sp³-hybridized carbons (Fsp3) is 0.222. The van der Waals surface area contributed by atoms with Crippen LogP contribution in [0.15, 0.2) is 35.4 Å². The number of phenolic OH excluding ortho intramolecular Hbond substituents is 1. The summed E-state index contributed by atoms with van der Waals surface area (Å²) in [6, 6.07) is 9.00. The number of aryl methyl sites for hydroxylation is 2. The van der Waals surface area contributed by atoms with Gasteiger partial charge in [0.25, 0.3) is 5.91 Å². The van der Waals surface area contributed by atoms with Gasteiger partial charge < -0.3 is 14.6 Å². The first-order chi connectivity index (χ1) is 11.9. The number of amides is 1. The van der Waals surface area contributed by atoms with E-state index in [1.165, 1.54) is 18.9 Å². The van der Waals surface area contributed by atoms with Crippen LogP contribution in [0.2, 0.25) is 0 Å². The van der Waals surface area contributed by atoms with E-state index in [1.54, 1.807) is 12.1 Å². The number of carbonyl (C=O) groups excluding carboxylic acids is 1. The van der Waals surface area contributed by atoms with Crippen LogP contribution in [0, 0.1) is 17.4 Å². The standard InChI is InChI=1S/C18H19IN2O4/c1-11-4-5-14(6-12(11)2)25-10-17(22)21-20-9-13-7-15(19)18(23)16(8-13)24-3/h4-9,23H,10H2,1-3H3,(H,21,22). The van der Waals surface area contributed by atoms with E-state index in [-0.39, 0.29) is 18.3 Å². The van der Waals surface area contributed by atoms with E-state index in [9.17, 15) is 9.90 Å². The number of aromatic hydroxyl groups is 1. The molecule has 0 radical (unpaired) electrons. The van der Waals surface area contributed by atoms with Crippen molar-refractivity contribution >= 4 is 34.7 Å². The molecule has 0 atom stereocenters. The molecule has 0 heterocycles. The predicted molar refractivity (Wildman–Crippen MR) is 105 cm³/mol. The summed E-state index contributed by atoms with van der Waals surface area (Å²) in [7, 11) is 1.47. The summed E-state index contributed by atoms with van der Waals surface area (Å²) in [5, 5.41) is 13.7. The van der Waals surface area contributed by atoms with E-state index >= 15 is 0 Å². The number of methoxy groups -OCH3 is 1. The summed E-state index contributed by atoms with van der Waals surface area (Å²) in [4.78, 5) is 11.8. The number of hydrazone groups is 1. The van der Waals surface area contributed by atoms with Gasteiger partial charge in [-0.1, -0.05) is 6.07 Å². The van der Waals surface area contributed by atoms with Crippen molar-refractivity contribution < 1.29 is 19.4 Å². The molecule has 0 aromatic heterocycles. The van der Waals surface area contributed by atoms with E-state index in [4.69, 9.17) is 9.47 Å². The minimum Gasteiger partial charge on any atom is -0.504 e. The molecule has 132 valence electrons. The third-order valence-electron chi connectivity index (χ3n) is 3.52. The fourth-order valence-electron chi connectivity index (χ4n) is 1.99. The molecule has 2 aromatic rings. The van der Waals surface area contributed by atoms with Crippen LogP contribution in [0.1, 0.15) is 16.7 Å². The zero-order valence-corrected chi connectivity index (χ0v) is 16.3. The Bertz CT molecular complexity index is 806. The van der Waals surface area contributed by atoms with Gasteiger partial charge in [-0.2, -0.15) is 5.10 Å². The van der Waals surface area contributed by atoms with Crippen molar-refractivity contribution in [3.63, 3.8) is 0 Å². The second-order valence-corrected chi connectivity index (χ2v) is 6.54. The summed E-state index contributed by atoms with van der Waals surface area (Å²) >= 11 is 1.99. The van der Waals surface area contributed by atoms with Gasteiger partial charge in [-0.05, 0) is 77.4 Å². The molecular formula is C18H19IN2O4. The molecule has 2 rings (SSSR count). The highest BCUT2D eigenvalue weighted by Crippen LogP contribution is 2.31. The Morgan fingerprint density at radius 1 is 1.28 bits per heavy atom. The Hall–Kier alpha value is -2.29. The fourth-order valence-corrected chi connectivity index (χ4v) is 2.61. The first-order valence-corrected chi connectivity index (χ1v) is 8.57. The Morgan fingerprint density at radius 2 is 2.04 bits per heavy atom. The van der Waals surface area contributed by atoms with Crippen LogP contribution >= 0.6 is 22.6 Å². The maximum Gasteiger partial charge on any atom is 0.277 e. The monoisotopic (exact) mass is 454 g/mol. The number of rotatable bonds is 6. The first kappa shape index (κ1) is 19.0. The Kier molecular flexibility index (Phi) is 6.63. The smallest absolute Gasteiger partial charge is 0.277 e. The first-order valence-electron chi connectivity index (χ1n) is 7.49. The van der Waals surface area contributed by atoms with E-state index in [2.05, 4.69) is 10.5 Å². The molecule has 6 nitrogen and oxygen atoms in total. The SMILES string of the molecule is COc1cc(C=NNC(=O)COc2ccc(C)c(C)c2)cc(I)c1O. The number of phenols is 1. The van der Waals surface area contributed by atoms with Crippen LogP contribution in [0.4, 0.5) is 0 Å². The van der Waals surface area contributed by atoms with Crippen molar-refractivity contribution in [2.75, 3.05) is 13.7 Å². The van der Waals surface area contributed by atoms with Gasteiger partial charge in [0.15, 0.2) is 18.1 Å². The van der Waals surface area contributed by atoms with E-state index in [1.807, 2.05) is 54.6 Å². The average Bonchev–Trinajstić information content (AvgIpc) is 2.59. The van der Waals surface area contributed by atoms with Crippen molar-refractivity contribution in [3.8, 4) is 17.2 Å². The molecule has 0 unspecified atom stereocenters. The zero-order chi connectivity index (χ0) is 18.4. The number of hydrogen-bond acceptors (Lipinski definition) is 5. The number of benzene rings is 2. The predicted octanol–water partition coefficient (Wildman–Crippen LogP) is 3.15. The van der Waals surface area contributed by atoms with Gasteiger partial charge in [0.2, 0.25) is 0 Å². The third kappa shape index (κ3) is 5.35. The summed E-state index contributed by atoms with van der Waals surface area (Å²) in [5.41, 5.74) is 5.36. The molecule has 0 saturated heterocycles. The summed E-state index contributed by atoms with van der Waals surface area (Å²) in [6.45, 7) is 3.87. The molecule has 0 aliphatic rings. The molecule has 1 amide bonds. The molecule has 7 heteroatoms. The third-order valence-corrected chi connectivity index (χ3v) is 4.34. The highest BCUT2D eigenvalue weighted by molar-refractivity contribution is 14.1. The van der Waals surface area contributed by atoms with Crippen LogP contribution in [-0.2, 0) is 4.79 Å². The quantitative estimate of drug-likeness (QED) is 0.400. The van der Waals surface area contributed by atoms with Crippen molar-refractivity contribution in [2.24, 2.45) is 5.10 Å². The number of nitrogens with one attached hydrogen (secondary N) is 1. The number of carbonyl (C=O) groups is 1. The van der Waals surface area contributed by atoms with E-state index in [0.29, 0.717) is 20.6 Å². The molecule has 0 saturated carbocycles. The molecule has 2 N–H and O–H groups in total. The molecule has 2 aromatic carbocycles. The second-order valence-electron chi connectivity index (χ2n) is 5.38. The Balaban J connectivity index is 1.90. The van der Waals surface area contributed by atoms with Crippen LogP contribution in [0.3, 0.4) is 0 Å². The van der Waals surface area contributed by atoms with Crippen molar-refractivity contribution in [1.29, 1.82) is 0 Å². The van der Waals surface area contributed by atoms with E-state index in [0.717, 1.165) is 5.56 Å². The van der Waals surface area contributed by atoms with Crippen LogP contribution < -0.4 is 14.9 Å². The largest absolute Gasteiger partial charge is 0.504 e. The minimum absolute atomic E-state index is 0.0751. The van der Waals surface area contributed by atoms with Crippen LogP contribution in [0.5, 0.6) is 17.2 Å². The molecule has 0 bridgehead atoms. The van der Waals surface area contributed by atoms with Gasteiger partial charge in [-0.3, -0.25) is 4.79 Å². The number of ether oxygens (including phenoxy) is 2.